The van der Waals surface area contributed by atoms with Gasteiger partial charge in [0.15, 0.2) is 0 Å². The van der Waals surface area contributed by atoms with Crippen LogP contribution in [0.1, 0.15) is 49.4 Å². The molecule has 0 unspecified atom stereocenters. The third-order valence-corrected chi connectivity index (χ3v) is 6.29. The van der Waals surface area contributed by atoms with E-state index in [1.807, 2.05) is 48.5 Å². The van der Waals surface area contributed by atoms with E-state index in [0.29, 0.717) is 30.1 Å². The fraction of sp³-hybridized carbons (Fsp3) is 0.259. The Kier molecular flexibility index (Phi) is 6.45. The minimum absolute atomic E-state index is 0.263. The van der Waals surface area contributed by atoms with Gasteiger partial charge < -0.3 is 21.1 Å². The van der Waals surface area contributed by atoms with Crippen LogP contribution < -0.4 is 10.6 Å². The molecule has 7 nitrogen and oxygen atoms in total. The standard InChI is InChI=1S/C27H29N5O2/c1-17(2)23-15-30-16-24(31-23)32-25(29-3)22(14-28)20-6-4-18(5-7-20)19-8-10-21(11-9-19)27(12-13-27)26(33)34/h4-11,14-17,28-29H,12-13H2,1-3H3,(H,31,32)(H,33,34)/b25-22-,28-14?. The lowest BCUT2D eigenvalue weighted by atomic mass is 9.93. The van der Waals surface area contributed by atoms with Gasteiger partial charge in [-0.05, 0) is 41.0 Å². The topological polar surface area (TPSA) is 111 Å². The summed E-state index contributed by atoms with van der Waals surface area (Å²) in [5.41, 5.74) is 4.67. The molecule has 0 bridgehead atoms. The number of aliphatic carboxylic acids is 1. The first kappa shape index (κ1) is 23.2. The molecule has 1 aliphatic rings. The number of anilines is 1. The third kappa shape index (κ3) is 4.55. The number of carbonyl (C=O) groups is 1. The van der Waals surface area contributed by atoms with E-state index in [4.69, 9.17) is 5.41 Å². The second kappa shape index (κ2) is 9.47. The Labute approximate surface area is 199 Å². The van der Waals surface area contributed by atoms with Crippen molar-refractivity contribution >= 4 is 23.6 Å². The number of nitrogens with zero attached hydrogens (tertiary/aromatic N) is 2. The molecule has 34 heavy (non-hydrogen) atoms. The summed E-state index contributed by atoms with van der Waals surface area (Å²) in [6.07, 6.45) is 6.12. The molecule has 1 aliphatic carbocycles. The number of carboxylic acid groups (broad SMARTS) is 1. The van der Waals surface area contributed by atoms with Crippen LogP contribution in [-0.4, -0.2) is 34.3 Å². The maximum atomic E-state index is 11.6. The van der Waals surface area contributed by atoms with Gasteiger partial charge in [-0.2, -0.15) is 0 Å². The van der Waals surface area contributed by atoms with Gasteiger partial charge in [0.25, 0.3) is 0 Å². The fourth-order valence-corrected chi connectivity index (χ4v) is 3.99. The average molecular weight is 456 g/mol. The van der Waals surface area contributed by atoms with Gasteiger partial charge in [-0.1, -0.05) is 62.4 Å². The highest BCUT2D eigenvalue weighted by molar-refractivity contribution is 6.10. The monoisotopic (exact) mass is 455 g/mol. The van der Waals surface area contributed by atoms with Crippen LogP contribution >= 0.6 is 0 Å². The van der Waals surface area contributed by atoms with Crippen LogP contribution in [-0.2, 0) is 10.2 Å². The van der Waals surface area contributed by atoms with Gasteiger partial charge in [-0.15, -0.1) is 0 Å². The molecule has 2 aromatic carbocycles. The molecule has 1 aromatic heterocycles. The van der Waals surface area contributed by atoms with Gasteiger partial charge in [0.2, 0.25) is 0 Å². The summed E-state index contributed by atoms with van der Waals surface area (Å²) in [5.74, 6) is 0.789. The molecule has 1 heterocycles. The van der Waals surface area contributed by atoms with E-state index in [2.05, 4.69) is 34.4 Å². The zero-order valence-corrected chi connectivity index (χ0v) is 19.6. The minimum atomic E-state index is -0.744. The Morgan fingerprint density at radius 1 is 1.06 bits per heavy atom. The van der Waals surface area contributed by atoms with Crippen molar-refractivity contribution in [1.82, 2.24) is 15.3 Å². The molecule has 0 saturated heterocycles. The largest absolute Gasteiger partial charge is 0.481 e. The third-order valence-electron chi connectivity index (χ3n) is 6.29. The van der Waals surface area contributed by atoms with Crippen LogP contribution in [0.4, 0.5) is 5.82 Å². The van der Waals surface area contributed by atoms with E-state index < -0.39 is 11.4 Å². The lowest BCUT2D eigenvalue weighted by molar-refractivity contribution is -0.140. The van der Waals surface area contributed by atoms with E-state index in [0.717, 1.165) is 27.9 Å². The maximum Gasteiger partial charge on any atom is 0.314 e. The van der Waals surface area contributed by atoms with Crippen LogP contribution in [0.2, 0.25) is 0 Å². The van der Waals surface area contributed by atoms with E-state index in [-0.39, 0.29) is 5.92 Å². The first-order valence-corrected chi connectivity index (χ1v) is 11.3. The van der Waals surface area contributed by atoms with Crippen molar-refractivity contribution in [1.29, 1.82) is 5.41 Å². The highest BCUT2D eigenvalue weighted by Gasteiger charge is 2.51. The van der Waals surface area contributed by atoms with Gasteiger partial charge in [0.05, 0.1) is 17.3 Å². The predicted octanol–water partition coefficient (Wildman–Crippen LogP) is 5.03. The Morgan fingerprint density at radius 2 is 1.68 bits per heavy atom. The predicted molar refractivity (Wildman–Crippen MR) is 135 cm³/mol. The second-order valence-electron chi connectivity index (χ2n) is 8.83. The van der Waals surface area contributed by atoms with E-state index in [1.54, 1.807) is 19.4 Å². The number of rotatable bonds is 9. The molecular weight excluding hydrogens is 426 g/mol. The second-order valence-corrected chi connectivity index (χ2v) is 8.83. The summed E-state index contributed by atoms with van der Waals surface area (Å²) >= 11 is 0. The van der Waals surface area contributed by atoms with Crippen molar-refractivity contribution in [3.05, 3.63) is 83.6 Å². The molecule has 4 N–H and O–H groups in total. The van der Waals surface area contributed by atoms with Gasteiger partial charge in [0, 0.05) is 25.0 Å². The number of hydrogen-bond donors (Lipinski definition) is 4. The smallest absolute Gasteiger partial charge is 0.314 e. The van der Waals surface area contributed by atoms with Crippen LogP contribution in [0.25, 0.3) is 16.7 Å². The first-order chi connectivity index (χ1) is 16.4. The molecule has 3 aromatic rings. The zero-order valence-electron chi connectivity index (χ0n) is 19.6. The summed E-state index contributed by atoms with van der Waals surface area (Å²) in [6.45, 7) is 4.13. The summed E-state index contributed by atoms with van der Waals surface area (Å²) in [5, 5.41) is 23.9. The van der Waals surface area contributed by atoms with Crippen LogP contribution in [0.15, 0.2) is 66.7 Å². The molecule has 4 rings (SSSR count). The van der Waals surface area contributed by atoms with Crippen LogP contribution in [0.3, 0.4) is 0 Å². The number of hydrogen-bond acceptors (Lipinski definition) is 6. The maximum absolute atomic E-state index is 11.6. The molecular formula is C27H29N5O2. The van der Waals surface area contributed by atoms with Crippen molar-refractivity contribution in [2.45, 2.75) is 38.0 Å². The van der Waals surface area contributed by atoms with Crippen molar-refractivity contribution in [2.75, 3.05) is 12.4 Å². The Hall–Kier alpha value is -4.00. The number of nitrogens with one attached hydrogen (secondary N) is 3. The zero-order chi connectivity index (χ0) is 24.3. The van der Waals surface area contributed by atoms with Crippen molar-refractivity contribution < 1.29 is 9.90 Å². The van der Waals surface area contributed by atoms with Crippen molar-refractivity contribution in [2.24, 2.45) is 0 Å². The number of aromatic nitrogens is 2. The molecule has 174 valence electrons. The van der Waals surface area contributed by atoms with Gasteiger partial charge in [-0.3, -0.25) is 9.78 Å². The van der Waals surface area contributed by atoms with Crippen molar-refractivity contribution in [3.63, 3.8) is 0 Å². The van der Waals surface area contributed by atoms with Crippen LogP contribution in [0, 0.1) is 5.41 Å². The summed E-state index contributed by atoms with van der Waals surface area (Å²) in [6, 6.07) is 15.7. The fourth-order valence-electron chi connectivity index (χ4n) is 3.99. The van der Waals surface area contributed by atoms with Gasteiger partial charge >= 0.3 is 5.97 Å². The van der Waals surface area contributed by atoms with E-state index >= 15 is 0 Å². The summed E-state index contributed by atoms with van der Waals surface area (Å²) in [4.78, 5) is 20.4. The Bertz CT molecular complexity index is 1230. The molecule has 0 atom stereocenters. The van der Waals surface area contributed by atoms with Gasteiger partial charge in [0.1, 0.15) is 11.6 Å². The van der Waals surface area contributed by atoms with Crippen molar-refractivity contribution in [3.8, 4) is 11.1 Å². The molecule has 0 radical (unpaired) electrons. The Balaban J connectivity index is 1.57. The average Bonchev–Trinajstić information content (AvgIpc) is 3.67. The lowest BCUT2D eigenvalue weighted by Crippen LogP contribution is -2.19. The molecule has 0 spiro atoms. The summed E-state index contributed by atoms with van der Waals surface area (Å²) in [7, 11) is 1.80. The molecule has 1 fully saturated rings. The molecule has 0 aliphatic heterocycles. The minimum Gasteiger partial charge on any atom is -0.481 e. The summed E-state index contributed by atoms with van der Waals surface area (Å²) < 4.78 is 0. The van der Waals surface area contributed by atoms with E-state index in [9.17, 15) is 9.90 Å². The lowest BCUT2D eigenvalue weighted by Gasteiger charge is -2.15. The number of allylic oxidation sites excluding steroid dienone is 1. The van der Waals surface area contributed by atoms with Crippen LogP contribution in [0.5, 0.6) is 0 Å². The highest BCUT2D eigenvalue weighted by atomic mass is 16.4. The van der Waals surface area contributed by atoms with E-state index in [1.165, 1.54) is 6.21 Å². The highest BCUT2D eigenvalue weighted by Crippen LogP contribution is 2.48. The SMILES string of the molecule is CN/C(Nc1cncc(C(C)C)n1)=C(\C=N)c1ccc(-c2ccc(C3(C(=O)O)CC3)cc2)cc1. The number of benzene rings is 2. The van der Waals surface area contributed by atoms with Gasteiger partial charge in [-0.25, -0.2) is 4.98 Å². The molecule has 7 heteroatoms. The number of carboxylic acids is 1. The normalized spacial score (nSPS) is 14.8. The molecule has 0 amide bonds. The first-order valence-electron chi connectivity index (χ1n) is 11.3. The molecule has 1 saturated carbocycles. The quantitative estimate of drug-likeness (QED) is 0.337. The Morgan fingerprint density at radius 3 is 2.18 bits per heavy atom.